The van der Waals surface area contributed by atoms with Crippen LogP contribution in [0.2, 0.25) is 0 Å². The van der Waals surface area contributed by atoms with E-state index >= 15 is 0 Å². The van der Waals surface area contributed by atoms with Gasteiger partial charge in [0.2, 0.25) is 0 Å². The number of aryl methyl sites for hydroxylation is 2. The summed E-state index contributed by atoms with van der Waals surface area (Å²) in [5, 5.41) is 12.0. The van der Waals surface area contributed by atoms with Crippen molar-refractivity contribution < 1.29 is 0 Å². The largest absolute Gasteiger partial charge is 0.357 e. The van der Waals surface area contributed by atoms with Gasteiger partial charge in [-0.05, 0) is 44.5 Å². The smallest absolute Gasteiger partial charge is 0.191 e. The Morgan fingerprint density at radius 1 is 1.25 bits per heavy atom. The van der Waals surface area contributed by atoms with Gasteiger partial charge in [0.05, 0.1) is 17.2 Å². The third kappa shape index (κ3) is 6.26. The number of rotatable bonds is 7. The Balaban J connectivity index is 0.00000280. The number of aliphatic imine (C=N–C) groups is 1. The summed E-state index contributed by atoms with van der Waals surface area (Å²) >= 11 is 1.76. The van der Waals surface area contributed by atoms with Crippen LogP contribution in [-0.4, -0.2) is 38.8 Å². The summed E-state index contributed by atoms with van der Waals surface area (Å²) in [5.74, 6) is 1.60. The second-order valence-corrected chi connectivity index (χ2v) is 7.38. The molecule has 0 aliphatic carbocycles. The van der Waals surface area contributed by atoms with Crippen molar-refractivity contribution in [2.45, 2.75) is 33.7 Å². The molecule has 0 spiro atoms. The molecule has 3 aromatic rings. The molecule has 9 heteroatoms. The Bertz CT molecular complexity index is 870. The summed E-state index contributed by atoms with van der Waals surface area (Å²) in [6.07, 6.45) is 6.30. The Kier molecular flexibility index (Phi) is 8.84. The van der Waals surface area contributed by atoms with Crippen molar-refractivity contribution in [3.63, 3.8) is 0 Å². The number of hydrogen-bond acceptors (Lipinski definition) is 5. The van der Waals surface area contributed by atoms with Crippen LogP contribution in [0.25, 0.3) is 5.82 Å². The topological polar surface area (TPSA) is 80.0 Å². The first-order valence-electron chi connectivity index (χ1n) is 9.05. The molecule has 2 N–H and O–H groups in total. The van der Waals surface area contributed by atoms with Gasteiger partial charge in [0, 0.05) is 43.0 Å². The first-order chi connectivity index (χ1) is 13.2. The van der Waals surface area contributed by atoms with Gasteiger partial charge in [0.15, 0.2) is 11.8 Å². The zero-order chi connectivity index (χ0) is 19.1. The molecule has 0 saturated heterocycles. The SMILES string of the molecule is CCNC(=NCc1ccnc(-n2cccn2)c1)NCCc1nc(C)c(C)s1.I. The third-order valence-electron chi connectivity index (χ3n) is 4.02. The fourth-order valence-electron chi connectivity index (χ4n) is 2.53. The van der Waals surface area contributed by atoms with E-state index < -0.39 is 0 Å². The van der Waals surface area contributed by atoms with Gasteiger partial charge in [-0.2, -0.15) is 5.10 Å². The number of nitrogens with one attached hydrogen (secondary N) is 2. The summed E-state index contributed by atoms with van der Waals surface area (Å²) < 4.78 is 1.74. The highest BCUT2D eigenvalue weighted by atomic mass is 127. The highest BCUT2D eigenvalue weighted by Gasteiger charge is 2.05. The van der Waals surface area contributed by atoms with Crippen LogP contribution in [0.1, 0.15) is 28.1 Å². The van der Waals surface area contributed by atoms with Gasteiger partial charge in [-0.25, -0.2) is 19.6 Å². The summed E-state index contributed by atoms with van der Waals surface area (Å²) in [5.41, 5.74) is 2.21. The van der Waals surface area contributed by atoms with Gasteiger partial charge in [-0.15, -0.1) is 35.3 Å². The molecule has 0 bridgehead atoms. The molecule has 0 aliphatic heterocycles. The maximum Gasteiger partial charge on any atom is 0.191 e. The number of hydrogen-bond donors (Lipinski definition) is 2. The standard InChI is InChI=1S/C19H25N7S.HI/c1-4-20-19(22-10-7-18-25-14(2)15(3)27-18)23-13-16-6-9-21-17(12-16)26-11-5-8-24-26;/h5-6,8-9,11-12H,4,7,10,13H2,1-3H3,(H2,20,22,23);1H. The normalized spacial score (nSPS) is 11.2. The monoisotopic (exact) mass is 511 g/mol. The van der Waals surface area contributed by atoms with E-state index in [0.29, 0.717) is 6.54 Å². The van der Waals surface area contributed by atoms with E-state index in [1.165, 1.54) is 4.88 Å². The molecule has 0 aliphatic rings. The van der Waals surface area contributed by atoms with Crippen molar-refractivity contribution >= 4 is 41.3 Å². The van der Waals surface area contributed by atoms with Crippen LogP contribution in [0.3, 0.4) is 0 Å². The average Bonchev–Trinajstić information content (AvgIpc) is 3.30. The maximum atomic E-state index is 4.68. The van der Waals surface area contributed by atoms with Crippen LogP contribution in [0.15, 0.2) is 41.8 Å². The molecule has 0 radical (unpaired) electrons. The fourth-order valence-corrected chi connectivity index (χ4v) is 3.47. The molecule has 0 atom stereocenters. The number of aromatic nitrogens is 4. The van der Waals surface area contributed by atoms with E-state index in [-0.39, 0.29) is 24.0 Å². The van der Waals surface area contributed by atoms with Crippen molar-refractivity contribution in [3.8, 4) is 5.82 Å². The molecular formula is C19H26IN7S. The molecule has 0 aromatic carbocycles. The Hall–Kier alpha value is -2.01. The van der Waals surface area contributed by atoms with Gasteiger partial charge in [-0.3, -0.25) is 0 Å². The lowest BCUT2D eigenvalue weighted by Crippen LogP contribution is -2.38. The molecular weight excluding hydrogens is 485 g/mol. The van der Waals surface area contributed by atoms with E-state index in [0.717, 1.165) is 47.6 Å². The van der Waals surface area contributed by atoms with Crippen molar-refractivity contribution in [2.24, 2.45) is 4.99 Å². The third-order valence-corrected chi connectivity index (χ3v) is 5.15. The van der Waals surface area contributed by atoms with Crippen molar-refractivity contribution in [1.82, 2.24) is 30.4 Å². The first kappa shape index (κ1) is 22.3. The van der Waals surface area contributed by atoms with Gasteiger partial charge >= 0.3 is 0 Å². The lowest BCUT2D eigenvalue weighted by molar-refractivity contribution is 0.794. The number of halogens is 1. The Morgan fingerprint density at radius 2 is 2.11 bits per heavy atom. The lowest BCUT2D eigenvalue weighted by atomic mass is 10.2. The van der Waals surface area contributed by atoms with Crippen LogP contribution in [0.4, 0.5) is 0 Å². The molecule has 0 amide bonds. The second-order valence-electron chi connectivity index (χ2n) is 6.09. The van der Waals surface area contributed by atoms with E-state index in [4.69, 9.17) is 0 Å². The van der Waals surface area contributed by atoms with Crippen LogP contribution in [0, 0.1) is 13.8 Å². The van der Waals surface area contributed by atoms with Crippen molar-refractivity contribution in [3.05, 3.63) is 57.9 Å². The quantitative estimate of drug-likeness (QED) is 0.289. The molecule has 3 aromatic heterocycles. The molecule has 28 heavy (non-hydrogen) atoms. The van der Waals surface area contributed by atoms with Crippen LogP contribution >= 0.6 is 35.3 Å². The maximum absolute atomic E-state index is 4.68. The van der Waals surface area contributed by atoms with Crippen molar-refractivity contribution in [1.29, 1.82) is 0 Å². The van der Waals surface area contributed by atoms with Crippen LogP contribution in [-0.2, 0) is 13.0 Å². The predicted octanol–water partition coefficient (Wildman–Crippen LogP) is 3.26. The molecule has 150 valence electrons. The number of pyridine rings is 1. The second kappa shape index (κ2) is 11.1. The molecule has 0 unspecified atom stereocenters. The molecule has 3 heterocycles. The molecule has 3 rings (SSSR count). The fraction of sp³-hybridized carbons (Fsp3) is 0.368. The van der Waals surface area contributed by atoms with E-state index in [2.05, 4.69) is 51.5 Å². The number of nitrogens with zero attached hydrogens (tertiary/aromatic N) is 5. The van der Waals surface area contributed by atoms with Gasteiger partial charge in [0.1, 0.15) is 0 Å². The Labute approximate surface area is 186 Å². The van der Waals surface area contributed by atoms with E-state index in [9.17, 15) is 0 Å². The zero-order valence-corrected chi connectivity index (χ0v) is 19.5. The van der Waals surface area contributed by atoms with Crippen molar-refractivity contribution in [2.75, 3.05) is 13.1 Å². The lowest BCUT2D eigenvalue weighted by Gasteiger charge is -2.11. The van der Waals surface area contributed by atoms with Gasteiger partial charge in [-0.1, -0.05) is 0 Å². The summed E-state index contributed by atoms with van der Waals surface area (Å²) in [6, 6.07) is 5.85. The van der Waals surface area contributed by atoms with Gasteiger partial charge < -0.3 is 10.6 Å². The Morgan fingerprint density at radius 3 is 2.79 bits per heavy atom. The minimum absolute atomic E-state index is 0. The zero-order valence-electron chi connectivity index (χ0n) is 16.3. The minimum Gasteiger partial charge on any atom is -0.357 e. The van der Waals surface area contributed by atoms with E-state index in [1.54, 1.807) is 28.4 Å². The summed E-state index contributed by atoms with van der Waals surface area (Å²) in [7, 11) is 0. The highest BCUT2D eigenvalue weighted by molar-refractivity contribution is 14.0. The first-order valence-corrected chi connectivity index (χ1v) is 9.87. The summed E-state index contributed by atoms with van der Waals surface area (Å²) in [4.78, 5) is 14.9. The highest BCUT2D eigenvalue weighted by Crippen LogP contribution is 2.16. The minimum atomic E-state index is 0. The number of guanidine groups is 1. The number of thiazole rings is 1. The van der Waals surface area contributed by atoms with Gasteiger partial charge in [0.25, 0.3) is 0 Å². The summed E-state index contributed by atoms with van der Waals surface area (Å²) in [6.45, 7) is 8.42. The molecule has 7 nitrogen and oxygen atoms in total. The van der Waals surface area contributed by atoms with Crippen LogP contribution in [0.5, 0.6) is 0 Å². The average molecular weight is 511 g/mol. The van der Waals surface area contributed by atoms with E-state index in [1.807, 2.05) is 24.4 Å². The molecule has 0 saturated carbocycles. The predicted molar refractivity (Wildman–Crippen MR) is 125 cm³/mol. The molecule has 0 fully saturated rings. The van der Waals surface area contributed by atoms with Crippen LogP contribution < -0.4 is 10.6 Å².